The molecule has 136 valence electrons. The molecule has 7 heteroatoms. The molecule has 1 heterocycles. The highest BCUT2D eigenvalue weighted by molar-refractivity contribution is 6.07. The van der Waals surface area contributed by atoms with Crippen LogP contribution in [0.5, 0.6) is 5.75 Å². The number of amides is 1. The van der Waals surface area contributed by atoms with Gasteiger partial charge in [-0.1, -0.05) is 12.1 Å². The Balaban J connectivity index is 1.89. The Morgan fingerprint density at radius 2 is 1.85 bits per heavy atom. The first-order valence-corrected chi connectivity index (χ1v) is 7.91. The summed E-state index contributed by atoms with van der Waals surface area (Å²) in [6, 6.07) is 8.96. The molecule has 3 rings (SSSR count). The number of halogens is 3. The molecule has 26 heavy (non-hydrogen) atoms. The molecular formula is C19H16F3NO3. The van der Waals surface area contributed by atoms with Gasteiger partial charge in [0, 0.05) is 5.69 Å². The third-order valence-electron chi connectivity index (χ3n) is 3.99. The van der Waals surface area contributed by atoms with Gasteiger partial charge in [-0.05, 0) is 44.2 Å². The number of benzene rings is 2. The Kier molecular flexibility index (Phi) is 4.26. The average Bonchev–Trinajstić information content (AvgIpc) is 2.54. The van der Waals surface area contributed by atoms with Crippen molar-refractivity contribution in [3.63, 3.8) is 0 Å². The minimum atomic E-state index is -4.64. The lowest BCUT2D eigenvalue weighted by Gasteiger charge is -2.31. The number of carbonyl (C=O) groups is 2. The minimum absolute atomic E-state index is 0.150. The van der Waals surface area contributed by atoms with Gasteiger partial charge in [0.1, 0.15) is 11.4 Å². The van der Waals surface area contributed by atoms with Crippen molar-refractivity contribution >= 4 is 17.4 Å². The van der Waals surface area contributed by atoms with E-state index in [4.69, 9.17) is 4.74 Å². The molecule has 0 atom stereocenters. The maximum absolute atomic E-state index is 13.1. The summed E-state index contributed by atoms with van der Waals surface area (Å²) in [6.45, 7) is 3.58. The van der Waals surface area contributed by atoms with Gasteiger partial charge >= 0.3 is 6.18 Å². The number of hydrogen-bond donors (Lipinski definition) is 1. The van der Waals surface area contributed by atoms with E-state index >= 15 is 0 Å². The molecule has 1 aliphatic heterocycles. The molecule has 0 saturated carbocycles. The lowest BCUT2D eigenvalue weighted by Crippen LogP contribution is -2.35. The standard InChI is InChI=1S/C19H16F3NO3/c1-18(2)10-15(24)13-9-11(7-8-16(13)26-18)23-17(25)12-5-3-4-6-14(12)19(20,21)22/h3-9H,10H2,1-2H3,(H,23,25). The number of alkyl halides is 3. The van der Waals surface area contributed by atoms with E-state index in [-0.39, 0.29) is 17.9 Å². The molecule has 4 nitrogen and oxygen atoms in total. The zero-order valence-electron chi connectivity index (χ0n) is 14.1. The smallest absolute Gasteiger partial charge is 0.417 e. The van der Waals surface area contributed by atoms with Crippen LogP contribution < -0.4 is 10.1 Å². The molecule has 1 aliphatic rings. The Bertz CT molecular complexity index is 888. The third-order valence-corrected chi connectivity index (χ3v) is 3.99. The zero-order valence-corrected chi connectivity index (χ0v) is 14.1. The van der Waals surface area contributed by atoms with Crippen molar-refractivity contribution in [1.82, 2.24) is 0 Å². The van der Waals surface area contributed by atoms with Crippen LogP contribution in [-0.4, -0.2) is 17.3 Å². The summed E-state index contributed by atoms with van der Waals surface area (Å²) in [5.41, 5.74) is -1.60. The minimum Gasteiger partial charge on any atom is -0.487 e. The number of fused-ring (bicyclic) bond motifs is 1. The number of ether oxygens (including phenoxy) is 1. The number of ketones is 1. The maximum Gasteiger partial charge on any atom is 0.417 e. The quantitative estimate of drug-likeness (QED) is 0.841. The summed E-state index contributed by atoms with van der Waals surface area (Å²) in [5, 5.41) is 2.42. The Morgan fingerprint density at radius 3 is 2.54 bits per heavy atom. The SMILES string of the molecule is CC1(C)CC(=O)c2cc(NC(=O)c3ccccc3C(F)(F)F)ccc2O1. The van der Waals surface area contributed by atoms with Gasteiger partial charge in [0.15, 0.2) is 5.78 Å². The summed E-state index contributed by atoms with van der Waals surface area (Å²) in [4.78, 5) is 24.6. The maximum atomic E-state index is 13.1. The molecule has 1 N–H and O–H groups in total. The number of hydrogen-bond acceptors (Lipinski definition) is 3. The van der Waals surface area contributed by atoms with E-state index in [0.717, 1.165) is 12.1 Å². The summed E-state index contributed by atoms with van der Waals surface area (Å²) in [7, 11) is 0. The van der Waals surface area contributed by atoms with Crippen LogP contribution in [0.25, 0.3) is 0 Å². The average molecular weight is 363 g/mol. The number of anilines is 1. The lowest BCUT2D eigenvalue weighted by atomic mass is 9.93. The van der Waals surface area contributed by atoms with Crippen LogP contribution in [0.4, 0.5) is 18.9 Å². The van der Waals surface area contributed by atoms with E-state index in [2.05, 4.69) is 5.32 Å². The number of rotatable bonds is 2. The van der Waals surface area contributed by atoms with Gasteiger partial charge in [-0.15, -0.1) is 0 Å². The number of Topliss-reactive ketones (excluding diaryl/α,β-unsaturated/α-hetero) is 1. The predicted molar refractivity (Wildman–Crippen MR) is 89.5 cm³/mol. The van der Waals surface area contributed by atoms with Gasteiger partial charge in [0.05, 0.1) is 23.1 Å². The first-order valence-electron chi connectivity index (χ1n) is 7.91. The first-order chi connectivity index (χ1) is 12.1. The molecule has 2 aromatic rings. The highest BCUT2D eigenvalue weighted by atomic mass is 19.4. The van der Waals surface area contributed by atoms with E-state index in [1.807, 2.05) is 0 Å². The molecule has 0 aromatic heterocycles. The zero-order chi connectivity index (χ0) is 19.1. The molecule has 0 radical (unpaired) electrons. The molecule has 2 aromatic carbocycles. The van der Waals surface area contributed by atoms with Gasteiger partial charge in [-0.2, -0.15) is 13.2 Å². The van der Waals surface area contributed by atoms with Crippen molar-refractivity contribution in [2.75, 3.05) is 5.32 Å². The van der Waals surface area contributed by atoms with E-state index in [9.17, 15) is 22.8 Å². The molecule has 0 saturated heterocycles. The second-order valence-electron chi connectivity index (χ2n) is 6.67. The lowest BCUT2D eigenvalue weighted by molar-refractivity contribution is -0.137. The Hall–Kier alpha value is -2.83. The van der Waals surface area contributed by atoms with Gasteiger partial charge in [0.25, 0.3) is 5.91 Å². The van der Waals surface area contributed by atoms with Crippen LogP contribution in [0.15, 0.2) is 42.5 Å². The van der Waals surface area contributed by atoms with Crippen molar-refractivity contribution in [3.05, 3.63) is 59.2 Å². The van der Waals surface area contributed by atoms with Crippen LogP contribution in [0, 0.1) is 0 Å². The fraction of sp³-hybridized carbons (Fsp3) is 0.263. The number of nitrogens with one attached hydrogen (secondary N) is 1. The summed E-state index contributed by atoms with van der Waals surface area (Å²) >= 11 is 0. The van der Waals surface area contributed by atoms with Crippen LogP contribution in [0.3, 0.4) is 0 Å². The van der Waals surface area contributed by atoms with E-state index in [0.29, 0.717) is 11.3 Å². The molecule has 0 unspecified atom stereocenters. The van der Waals surface area contributed by atoms with Crippen LogP contribution in [-0.2, 0) is 6.18 Å². The first kappa shape index (κ1) is 18.0. The Morgan fingerprint density at radius 1 is 1.15 bits per heavy atom. The molecule has 1 amide bonds. The van der Waals surface area contributed by atoms with Crippen LogP contribution >= 0.6 is 0 Å². The van der Waals surface area contributed by atoms with Crippen molar-refractivity contribution in [3.8, 4) is 5.75 Å². The van der Waals surface area contributed by atoms with Gasteiger partial charge < -0.3 is 10.1 Å². The monoisotopic (exact) mass is 363 g/mol. The normalized spacial score (nSPS) is 15.8. The van der Waals surface area contributed by atoms with Crippen LogP contribution in [0.2, 0.25) is 0 Å². The van der Waals surface area contributed by atoms with E-state index in [1.54, 1.807) is 13.8 Å². The fourth-order valence-corrected chi connectivity index (χ4v) is 2.86. The topological polar surface area (TPSA) is 55.4 Å². The van der Waals surface area contributed by atoms with Crippen LogP contribution in [0.1, 0.15) is 46.5 Å². The number of carbonyl (C=O) groups excluding carboxylic acids is 2. The van der Waals surface area contributed by atoms with Gasteiger partial charge in [-0.25, -0.2) is 0 Å². The highest BCUT2D eigenvalue weighted by Gasteiger charge is 2.35. The largest absolute Gasteiger partial charge is 0.487 e. The van der Waals surface area contributed by atoms with Crippen molar-refractivity contribution < 1.29 is 27.5 Å². The Labute approximate surface area is 148 Å². The third kappa shape index (κ3) is 3.56. The predicted octanol–water partition coefficient (Wildman–Crippen LogP) is 4.70. The highest BCUT2D eigenvalue weighted by Crippen LogP contribution is 2.35. The molecule has 0 aliphatic carbocycles. The summed E-state index contributed by atoms with van der Waals surface area (Å²) < 4.78 is 44.9. The summed E-state index contributed by atoms with van der Waals surface area (Å²) in [5.74, 6) is -0.662. The molecule has 0 spiro atoms. The summed E-state index contributed by atoms with van der Waals surface area (Å²) in [6.07, 6.45) is -4.46. The second-order valence-corrected chi connectivity index (χ2v) is 6.67. The van der Waals surface area contributed by atoms with Gasteiger partial charge in [0.2, 0.25) is 0 Å². The molecule has 0 bridgehead atoms. The van der Waals surface area contributed by atoms with Crippen molar-refractivity contribution in [2.24, 2.45) is 0 Å². The van der Waals surface area contributed by atoms with Crippen molar-refractivity contribution in [2.45, 2.75) is 32.0 Å². The fourth-order valence-electron chi connectivity index (χ4n) is 2.86. The van der Waals surface area contributed by atoms with Gasteiger partial charge in [-0.3, -0.25) is 9.59 Å². The van der Waals surface area contributed by atoms with Crippen molar-refractivity contribution in [1.29, 1.82) is 0 Å². The van der Waals surface area contributed by atoms with E-state index < -0.39 is 28.8 Å². The molecule has 0 fully saturated rings. The molecular weight excluding hydrogens is 347 g/mol. The van der Waals surface area contributed by atoms with E-state index in [1.165, 1.54) is 30.3 Å². The second kappa shape index (κ2) is 6.16.